The van der Waals surface area contributed by atoms with Gasteiger partial charge in [0.1, 0.15) is 0 Å². The fraction of sp³-hybridized carbons (Fsp3) is 0.538. The molecule has 0 aromatic carbocycles. The Hall–Kier alpha value is -1.11. The molecule has 2 atom stereocenters. The highest BCUT2D eigenvalue weighted by atomic mass is 32.2. The second-order valence-corrected chi connectivity index (χ2v) is 6.25. The standard InChI is InChI=1S/C13H20N4OS/c1-9(2)7-10(14)11(8-18)19-13-16-15-12-5-3-4-6-17(12)13/h3-6,9-11,18H,7-8,14H2,1-2H3. The lowest BCUT2D eigenvalue weighted by Gasteiger charge is -2.22. The molecule has 0 aliphatic rings. The van der Waals surface area contributed by atoms with Gasteiger partial charge in [0, 0.05) is 12.2 Å². The molecule has 0 bridgehead atoms. The average molecular weight is 280 g/mol. The van der Waals surface area contributed by atoms with Crippen LogP contribution in [0.1, 0.15) is 20.3 Å². The predicted molar refractivity (Wildman–Crippen MR) is 77.1 cm³/mol. The van der Waals surface area contributed by atoms with Crippen LogP contribution in [0.25, 0.3) is 5.65 Å². The van der Waals surface area contributed by atoms with Gasteiger partial charge >= 0.3 is 0 Å². The van der Waals surface area contributed by atoms with E-state index >= 15 is 0 Å². The number of nitrogens with two attached hydrogens (primary N) is 1. The van der Waals surface area contributed by atoms with Crippen LogP contribution in [0, 0.1) is 5.92 Å². The maximum atomic E-state index is 9.52. The van der Waals surface area contributed by atoms with Crippen molar-refractivity contribution in [2.75, 3.05) is 6.61 Å². The predicted octanol–water partition coefficient (Wildman–Crippen LogP) is 1.56. The molecule has 0 saturated carbocycles. The van der Waals surface area contributed by atoms with E-state index in [1.165, 1.54) is 11.8 Å². The van der Waals surface area contributed by atoms with Crippen molar-refractivity contribution in [1.82, 2.24) is 14.6 Å². The van der Waals surface area contributed by atoms with Crippen LogP contribution in [0.15, 0.2) is 29.6 Å². The van der Waals surface area contributed by atoms with Gasteiger partial charge in [0.05, 0.1) is 11.9 Å². The Morgan fingerprint density at radius 1 is 1.37 bits per heavy atom. The van der Waals surface area contributed by atoms with Crippen LogP contribution >= 0.6 is 11.8 Å². The molecule has 0 saturated heterocycles. The van der Waals surface area contributed by atoms with E-state index in [4.69, 9.17) is 5.73 Å². The first-order valence-corrected chi connectivity index (χ1v) is 7.32. The Kier molecular flexibility index (Phi) is 4.79. The van der Waals surface area contributed by atoms with E-state index in [1.807, 2.05) is 28.8 Å². The zero-order valence-electron chi connectivity index (χ0n) is 11.2. The summed E-state index contributed by atoms with van der Waals surface area (Å²) in [6, 6.07) is 5.71. The molecule has 0 aliphatic heterocycles. The zero-order chi connectivity index (χ0) is 13.8. The van der Waals surface area contributed by atoms with Crippen molar-refractivity contribution in [3.05, 3.63) is 24.4 Å². The van der Waals surface area contributed by atoms with Crippen LogP contribution in [0.3, 0.4) is 0 Å². The van der Waals surface area contributed by atoms with Gasteiger partial charge in [0.25, 0.3) is 0 Å². The van der Waals surface area contributed by atoms with Crippen LogP contribution in [0.2, 0.25) is 0 Å². The number of pyridine rings is 1. The Morgan fingerprint density at radius 2 is 2.16 bits per heavy atom. The molecular weight excluding hydrogens is 260 g/mol. The molecule has 2 unspecified atom stereocenters. The van der Waals surface area contributed by atoms with Crippen molar-refractivity contribution >= 4 is 17.4 Å². The van der Waals surface area contributed by atoms with E-state index in [0.717, 1.165) is 17.2 Å². The summed E-state index contributed by atoms with van der Waals surface area (Å²) in [6.45, 7) is 4.30. The number of aliphatic hydroxyl groups excluding tert-OH is 1. The van der Waals surface area contributed by atoms with Crippen molar-refractivity contribution in [2.45, 2.75) is 36.7 Å². The fourth-order valence-electron chi connectivity index (χ4n) is 1.99. The van der Waals surface area contributed by atoms with Crippen molar-refractivity contribution in [3.63, 3.8) is 0 Å². The highest BCUT2D eigenvalue weighted by Gasteiger charge is 2.21. The van der Waals surface area contributed by atoms with Crippen LogP contribution in [0.4, 0.5) is 0 Å². The van der Waals surface area contributed by atoms with Gasteiger partial charge < -0.3 is 10.8 Å². The third kappa shape index (κ3) is 3.46. The molecule has 0 fully saturated rings. The van der Waals surface area contributed by atoms with Gasteiger partial charge in [-0.2, -0.15) is 0 Å². The Balaban J connectivity index is 2.13. The first-order chi connectivity index (χ1) is 9.11. The Bertz CT molecular complexity index is 528. The number of hydrogen-bond acceptors (Lipinski definition) is 5. The normalized spacial score (nSPS) is 15.0. The largest absolute Gasteiger partial charge is 0.395 e. The zero-order valence-corrected chi connectivity index (χ0v) is 12.0. The molecule has 6 heteroatoms. The number of thioether (sulfide) groups is 1. The molecule has 5 nitrogen and oxygen atoms in total. The van der Waals surface area contributed by atoms with Crippen molar-refractivity contribution in [1.29, 1.82) is 0 Å². The van der Waals surface area contributed by atoms with Crippen LogP contribution < -0.4 is 5.73 Å². The van der Waals surface area contributed by atoms with Gasteiger partial charge in [-0.25, -0.2) is 0 Å². The first-order valence-electron chi connectivity index (χ1n) is 6.44. The Morgan fingerprint density at radius 3 is 2.84 bits per heavy atom. The molecule has 2 aromatic heterocycles. The lowest BCUT2D eigenvalue weighted by Crippen LogP contribution is -2.36. The monoisotopic (exact) mass is 280 g/mol. The third-order valence-corrected chi connectivity index (χ3v) is 4.23. The van der Waals surface area contributed by atoms with E-state index < -0.39 is 0 Å². The second kappa shape index (κ2) is 6.36. The number of rotatable bonds is 6. The summed E-state index contributed by atoms with van der Waals surface area (Å²) in [5.74, 6) is 0.514. The van der Waals surface area contributed by atoms with E-state index in [0.29, 0.717) is 5.92 Å². The van der Waals surface area contributed by atoms with E-state index in [-0.39, 0.29) is 17.9 Å². The number of hydrogen-bond donors (Lipinski definition) is 2. The maximum absolute atomic E-state index is 9.52. The quantitative estimate of drug-likeness (QED) is 0.785. The molecule has 2 rings (SSSR count). The second-order valence-electron chi connectivity index (χ2n) is 5.04. The summed E-state index contributed by atoms with van der Waals surface area (Å²) in [5, 5.41) is 18.5. The molecule has 3 N–H and O–H groups in total. The number of aliphatic hydroxyl groups is 1. The number of fused-ring (bicyclic) bond motifs is 1. The maximum Gasteiger partial charge on any atom is 0.196 e. The lowest BCUT2D eigenvalue weighted by molar-refractivity contribution is 0.274. The molecule has 0 amide bonds. The smallest absolute Gasteiger partial charge is 0.196 e. The summed E-state index contributed by atoms with van der Waals surface area (Å²) >= 11 is 1.49. The molecule has 2 heterocycles. The lowest BCUT2D eigenvalue weighted by atomic mass is 10.0. The molecule has 0 radical (unpaired) electrons. The number of aromatic nitrogens is 3. The van der Waals surface area contributed by atoms with Gasteiger partial charge in [0.15, 0.2) is 10.8 Å². The molecule has 104 valence electrons. The van der Waals surface area contributed by atoms with E-state index in [1.54, 1.807) is 0 Å². The number of nitrogens with zero attached hydrogens (tertiary/aromatic N) is 3. The summed E-state index contributed by atoms with van der Waals surface area (Å²) in [4.78, 5) is 0. The summed E-state index contributed by atoms with van der Waals surface area (Å²) < 4.78 is 1.91. The summed E-state index contributed by atoms with van der Waals surface area (Å²) in [5.41, 5.74) is 6.96. The summed E-state index contributed by atoms with van der Waals surface area (Å²) in [6.07, 6.45) is 2.80. The van der Waals surface area contributed by atoms with Crippen molar-refractivity contribution in [2.24, 2.45) is 11.7 Å². The van der Waals surface area contributed by atoms with Gasteiger partial charge in [-0.1, -0.05) is 31.7 Å². The molecular formula is C13H20N4OS. The molecule has 0 spiro atoms. The SMILES string of the molecule is CC(C)CC(N)C(CO)Sc1nnc2ccccn12. The highest BCUT2D eigenvalue weighted by molar-refractivity contribution is 7.99. The minimum atomic E-state index is -0.0602. The first kappa shape index (κ1) is 14.3. The Labute approximate surface area is 117 Å². The van der Waals surface area contributed by atoms with Gasteiger partial charge in [-0.3, -0.25) is 4.40 Å². The average Bonchev–Trinajstić information content (AvgIpc) is 2.78. The van der Waals surface area contributed by atoms with Crippen molar-refractivity contribution < 1.29 is 5.11 Å². The van der Waals surface area contributed by atoms with Gasteiger partial charge in [-0.15, -0.1) is 10.2 Å². The van der Waals surface area contributed by atoms with Crippen LogP contribution in [-0.4, -0.2) is 37.6 Å². The topological polar surface area (TPSA) is 76.4 Å². The van der Waals surface area contributed by atoms with Crippen LogP contribution in [-0.2, 0) is 0 Å². The highest BCUT2D eigenvalue weighted by Crippen LogP contribution is 2.25. The summed E-state index contributed by atoms with van der Waals surface area (Å²) in [7, 11) is 0. The van der Waals surface area contributed by atoms with E-state index in [9.17, 15) is 5.11 Å². The molecule has 2 aromatic rings. The van der Waals surface area contributed by atoms with Gasteiger partial charge in [-0.05, 0) is 24.5 Å². The van der Waals surface area contributed by atoms with Crippen LogP contribution in [0.5, 0.6) is 0 Å². The van der Waals surface area contributed by atoms with Crippen molar-refractivity contribution in [3.8, 4) is 0 Å². The van der Waals surface area contributed by atoms with E-state index in [2.05, 4.69) is 24.0 Å². The molecule has 19 heavy (non-hydrogen) atoms. The fourth-order valence-corrected chi connectivity index (χ4v) is 2.98. The minimum Gasteiger partial charge on any atom is -0.395 e. The molecule has 0 aliphatic carbocycles. The van der Waals surface area contributed by atoms with Gasteiger partial charge in [0.2, 0.25) is 0 Å². The minimum absolute atomic E-state index is 0.0420. The third-order valence-electron chi connectivity index (χ3n) is 2.94.